The molecule has 1 aromatic heterocycles. The number of carbonyl (C=O) groups is 1. The van der Waals surface area contributed by atoms with E-state index in [-0.39, 0.29) is 17.4 Å². The molecule has 1 aliphatic rings. The zero-order valence-corrected chi connectivity index (χ0v) is 11.7. The van der Waals surface area contributed by atoms with E-state index >= 15 is 0 Å². The molecular weight excluding hydrogens is 268 g/mol. The molecule has 1 amide bonds. The SMILES string of the molecule is CC(C)(O)[C@H]1CCN(C(=O)c2cc(Cl)c[nH]c2=O)C1. The summed E-state index contributed by atoms with van der Waals surface area (Å²) in [5.74, 6) is -0.315. The van der Waals surface area contributed by atoms with E-state index in [2.05, 4.69) is 4.98 Å². The first-order valence-corrected chi connectivity index (χ1v) is 6.56. The van der Waals surface area contributed by atoms with Crippen molar-refractivity contribution in [3.05, 3.63) is 33.2 Å². The Morgan fingerprint density at radius 3 is 2.84 bits per heavy atom. The first kappa shape index (κ1) is 14.1. The fourth-order valence-electron chi connectivity index (χ4n) is 2.31. The highest BCUT2D eigenvalue weighted by molar-refractivity contribution is 6.30. The molecule has 0 unspecified atom stereocenters. The molecule has 0 aliphatic carbocycles. The number of H-pyrrole nitrogens is 1. The molecule has 1 aromatic rings. The van der Waals surface area contributed by atoms with E-state index in [1.807, 2.05) is 0 Å². The Bertz CT molecular complexity index is 548. The van der Waals surface area contributed by atoms with Crippen LogP contribution < -0.4 is 5.56 Å². The lowest BCUT2D eigenvalue weighted by molar-refractivity contribution is 0.0211. The predicted molar refractivity (Wildman–Crippen MR) is 72.4 cm³/mol. The van der Waals surface area contributed by atoms with Crippen LogP contribution in [-0.4, -0.2) is 39.6 Å². The Hall–Kier alpha value is -1.33. The monoisotopic (exact) mass is 284 g/mol. The summed E-state index contributed by atoms with van der Waals surface area (Å²) < 4.78 is 0. The van der Waals surface area contributed by atoms with Gasteiger partial charge >= 0.3 is 0 Å². The largest absolute Gasteiger partial charge is 0.390 e. The van der Waals surface area contributed by atoms with Crippen molar-refractivity contribution in [1.82, 2.24) is 9.88 Å². The predicted octanol–water partition coefficient (Wildman–Crippen LogP) is 1.26. The van der Waals surface area contributed by atoms with Crippen molar-refractivity contribution in [1.29, 1.82) is 0 Å². The summed E-state index contributed by atoms with van der Waals surface area (Å²) in [6.07, 6.45) is 2.08. The first-order valence-electron chi connectivity index (χ1n) is 6.19. The lowest BCUT2D eigenvalue weighted by Crippen LogP contribution is -2.37. The van der Waals surface area contributed by atoms with Crippen molar-refractivity contribution in [2.45, 2.75) is 25.9 Å². The van der Waals surface area contributed by atoms with Crippen LogP contribution in [0.4, 0.5) is 0 Å². The fraction of sp³-hybridized carbons (Fsp3) is 0.538. The quantitative estimate of drug-likeness (QED) is 0.859. The second-order valence-corrected chi connectivity index (χ2v) is 5.89. The number of likely N-dealkylation sites (tertiary alicyclic amines) is 1. The highest BCUT2D eigenvalue weighted by Gasteiger charge is 2.36. The molecule has 1 atom stereocenters. The summed E-state index contributed by atoms with van der Waals surface area (Å²) >= 11 is 5.79. The van der Waals surface area contributed by atoms with Crippen molar-refractivity contribution >= 4 is 17.5 Å². The third-order valence-electron chi connectivity index (χ3n) is 3.57. The van der Waals surface area contributed by atoms with E-state index in [1.165, 1.54) is 12.3 Å². The molecule has 5 nitrogen and oxygen atoms in total. The molecule has 2 N–H and O–H groups in total. The maximum absolute atomic E-state index is 12.3. The average molecular weight is 285 g/mol. The van der Waals surface area contributed by atoms with Gasteiger partial charge in [0, 0.05) is 25.2 Å². The second kappa shape index (κ2) is 4.98. The Balaban J connectivity index is 2.18. The minimum atomic E-state index is -0.824. The van der Waals surface area contributed by atoms with Crippen LogP contribution in [0.5, 0.6) is 0 Å². The number of carbonyl (C=O) groups excluding carboxylic acids is 1. The Kier molecular flexibility index (Phi) is 3.69. The molecule has 1 saturated heterocycles. The highest BCUT2D eigenvalue weighted by Crippen LogP contribution is 2.27. The summed E-state index contributed by atoms with van der Waals surface area (Å²) in [6, 6.07) is 1.38. The third-order valence-corrected chi connectivity index (χ3v) is 3.79. The molecule has 0 saturated carbocycles. The van der Waals surface area contributed by atoms with Crippen LogP contribution in [-0.2, 0) is 0 Å². The Labute approximate surface area is 116 Å². The number of aromatic nitrogens is 1. The van der Waals surface area contributed by atoms with Gasteiger partial charge in [0.2, 0.25) is 0 Å². The van der Waals surface area contributed by atoms with E-state index in [9.17, 15) is 14.7 Å². The minimum absolute atomic E-state index is 0.0229. The zero-order chi connectivity index (χ0) is 14.2. The molecule has 1 aliphatic heterocycles. The van der Waals surface area contributed by atoms with Gasteiger partial charge in [-0.1, -0.05) is 11.6 Å². The third kappa shape index (κ3) is 2.98. The normalized spacial score (nSPS) is 19.8. The van der Waals surface area contributed by atoms with Gasteiger partial charge in [0.05, 0.1) is 10.6 Å². The molecule has 0 aromatic carbocycles. The van der Waals surface area contributed by atoms with Gasteiger partial charge in [0.15, 0.2) is 0 Å². The van der Waals surface area contributed by atoms with Crippen LogP contribution in [0.15, 0.2) is 17.1 Å². The van der Waals surface area contributed by atoms with Crippen molar-refractivity contribution in [2.75, 3.05) is 13.1 Å². The lowest BCUT2D eigenvalue weighted by atomic mass is 9.90. The summed E-state index contributed by atoms with van der Waals surface area (Å²) in [5, 5.41) is 10.3. The molecule has 6 heteroatoms. The number of aliphatic hydroxyl groups is 1. The van der Waals surface area contributed by atoms with Crippen LogP contribution in [0.3, 0.4) is 0 Å². The number of nitrogens with zero attached hydrogens (tertiary/aromatic N) is 1. The van der Waals surface area contributed by atoms with Gasteiger partial charge in [-0.15, -0.1) is 0 Å². The van der Waals surface area contributed by atoms with Crippen molar-refractivity contribution in [3.8, 4) is 0 Å². The molecule has 19 heavy (non-hydrogen) atoms. The number of nitrogens with one attached hydrogen (secondary N) is 1. The number of halogens is 1. The summed E-state index contributed by atoms with van der Waals surface area (Å²) in [5.41, 5.74) is -1.22. The van der Waals surface area contributed by atoms with E-state index in [4.69, 9.17) is 11.6 Å². The van der Waals surface area contributed by atoms with E-state index in [0.717, 1.165) is 6.42 Å². The standard InChI is InChI=1S/C13H17ClN2O3/c1-13(2,19)8-3-4-16(7-8)12(18)10-5-9(14)6-15-11(10)17/h5-6,8,19H,3-4,7H2,1-2H3,(H,15,17)/t8-/m0/s1. The van der Waals surface area contributed by atoms with E-state index in [1.54, 1.807) is 18.7 Å². The van der Waals surface area contributed by atoms with Crippen LogP contribution >= 0.6 is 11.6 Å². The average Bonchev–Trinajstić information content (AvgIpc) is 2.80. The van der Waals surface area contributed by atoms with Crippen molar-refractivity contribution in [2.24, 2.45) is 5.92 Å². The van der Waals surface area contributed by atoms with Crippen LogP contribution in [0.2, 0.25) is 5.02 Å². The summed E-state index contributed by atoms with van der Waals surface area (Å²) in [4.78, 5) is 27.9. The Morgan fingerprint density at radius 1 is 1.58 bits per heavy atom. The molecule has 104 valence electrons. The molecular formula is C13H17ClN2O3. The van der Waals surface area contributed by atoms with Gasteiger partial charge in [0.25, 0.3) is 11.5 Å². The topological polar surface area (TPSA) is 73.4 Å². The minimum Gasteiger partial charge on any atom is -0.390 e. The molecule has 2 rings (SSSR count). The van der Waals surface area contributed by atoms with Gasteiger partial charge in [-0.3, -0.25) is 9.59 Å². The number of hydrogen-bond donors (Lipinski definition) is 2. The Morgan fingerprint density at radius 2 is 2.26 bits per heavy atom. The van der Waals surface area contributed by atoms with Gasteiger partial charge in [-0.25, -0.2) is 0 Å². The number of pyridine rings is 1. The van der Waals surface area contributed by atoms with Gasteiger partial charge in [-0.05, 0) is 26.3 Å². The number of rotatable bonds is 2. The lowest BCUT2D eigenvalue weighted by Gasteiger charge is -2.25. The fourth-order valence-corrected chi connectivity index (χ4v) is 2.47. The van der Waals surface area contributed by atoms with Crippen LogP contribution in [0.25, 0.3) is 0 Å². The van der Waals surface area contributed by atoms with E-state index < -0.39 is 11.2 Å². The number of hydrogen-bond acceptors (Lipinski definition) is 3. The highest BCUT2D eigenvalue weighted by atomic mass is 35.5. The smallest absolute Gasteiger partial charge is 0.260 e. The molecule has 1 fully saturated rings. The summed E-state index contributed by atoms with van der Waals surface area (Å²) in [7, 11) is 0. The maximum Gasteiger partial charge on any atom is 0.260 e. The van der Waals surface area contributed by atoms with Gasteiger partial charge < -0.3 is 15.0 Å². The zero-order valence-electron chi connectivity index (χ0n) is 10.9. The summed E-state index contributed by atoms with van der Waals surface area (Å²) in [6.45, 7) is 4.46. The molecule has 2 heterocycles. The van der Waals surface area contributed by atoms with Crippen LogP contribution in [0.1, 0.15) is 30.6 Å². The number of amides is 1. The van der Waals surface area contributed by atoms with Crippen molar-refractivity contribution < 1.29 is 9.90 Å². The maximum atomic E-state index is 12.3. The van der Waals surface area contributed by atoms with Gasteiger partial charge in [0.1, 0.15) is 5.56 Å². The first-order chi connectivity index (χ1) is 8.79. The van der Waals surface area contributed by atoms with Crippen molar-refractivity contribution in [3.63, 3.8) is 0 Å². The van der Waals surface area contributed by atoms with Crippen LogP contribution in [0, 0.1) is 5.92 Å². The number of aromatic amines is 1. The van der Waals surface area contributed by atoms with Gasteiger partial charge in [-0.2, -0.15) is 0 Å². The molecule has 0 spiro atoms. The molecule has 0 radical (unpaired) electrons. The van der Waals surface area contributed by atoms with E-state index in [0.29, 0.717) is 18.1 Å². The molecule has 0 bridgehead atoms. The second-order valence-electron chi connectivity index (χ2n) is 5.45.